The molecule has 1 aromatic carbocycles. The number of methoxy groups -OCH3 is 1. The number of hydrogen-bond acceptors (Lipinski definition) is 7. The van der Waals surface area contributed by atoms with Crippen LogP contribution in [0.2, 0.25) is 0 Å². The zero-order valence-electron chi connectivity index (χ0n) is 15.6. The molecule has 29 heavy (non-hydrogen) atoms. The summed E-state index contributed by atoms with van der Waals surface area (Å²) in [6, 6.07) is 14.0. The second-order valence-corrected chi connectivity index (χ2v) is 7.25. The molecule has 0 radical (unpaired) electrons. The smallest absolute Gasteiger partial charge is 0.348 e. The number of ether oxygens (including phenoxy) is 2. The molecule has 1 amide bonds. The van der Waals surface area contributed by atoms with Gasteiger partial charge in [-0.2, -0.15) is 5.10 Å². The van der Waals surface area contributed by atoms with Gasteiger partial charge >= 0.3 is 5.97 Å². The van der Waals surface area contributed by atoms with Crippen molar-refractivity contribution >= 4 is 28.9 Å². The molecule has 0 saturated heterocycles. The first-order valence-electron chi connectivity index (χ1n) is 8.93. The number of benzene rings is 1. The molecule has 1 aliphatic rings. The monoisotopic (exact) mass is 410 g/mol. The summed E-state index contributed by atoms with van der Waals surface area (Å²) < 4.78 is 15.9. The molecule has 3 heterocycles. The van der Waals surface area contributed by atoms with E-state index in [-0.39, 0.29) is 0 Å². The zero-order chi connectivity index (χ0) is 20.2. The van der Waals surface area contributed by atoms with Crippen LogP contribution in [-0.4, -0.2) is 36.3 Å². The molecule has 4 rings (SSSR count). The molecule has 0 aliphatic carbocycles. The number of amides is 1. The summed E-state index contributed by atoms with van der Waals surface area (Å²) in [6.07, 6.45) is 2.05. The first kappa shape index (κ1) is 18.9. The molecule has 3 aromatic rings. The standard InChI is InChI=1S/C21H18N2O5S/c1-26-15-8-6-14(7-9-15)16-12-17(18-4-2-10-27-18)23(22-16)20(24)13-28-21(25)19-5-3-11-29-19/h2-11,17H,12-13H2,1H3/t17-/m1/s1. The zero-order valence-corrected chi connectivity index (χ0v) is 16.4. The van der Waals surface area contributed by atoms with E-state index in [4.69, 9.17) is 13.9 Å². The summed E-state index contributed by atoms with van der Waals surface area (Å²) in [5, 5.41) is 7.61. The number of rotatable bonds is 6. The van der Waals surface area contributed by atoms with Crippen LogP contribution in [0.25, 0.3) is 0 Å². The van der Waals surface area contributed by atoms with Crippen molar-refractivity contribution in [2.45, 2.75) is 12.5 Å². The fourth-order valence-electron chi connectivity index (χ4n) is 3.06. The Balaban J connectivity index is 1.52. The maximum Gasteiger partial charge on any atom is 0.348 e. The number of esters is 1. The highest BCUT2D eigenvalue weighted by Crippen LogP contribution is 2.33. The van der Waals surface area contributed by atoms with Gasteiger partial charge in [0.15, 0.2) is 6.61 Å². The predicted octanol–water partition coefficient (Wildman–Crippen LogP) is 3.88. The Labute approximate surface area is 171 Å². The van der Waals surface area contributed by atoms with E-state index in [0.29, 0.717) is 17.1 Å². The number of furan rings is 1. The van der Waals surface area contributed by atoms with Crippen LogP contribution >= 0.6 is 11.3 Å². The van der Waals surface area contributed by atoms with Gasteiger partial charge in [0.1, 0.15) is 22.4 Å². The molecule has 0 bridgehead atoms. The summed E-state index contributed by atoms with van der Waals surface area (Å²) in [7, 11) is 1.60. The highest BCUT2D eigenvalue weighted by atomic mass is 32.1. The second kappa shape index (κ2) is 8.32. The lowest BCUT2D eigenvalue weighted by Crippen LogP contribution is -2.31. The van der Waals surface area contributed by atoms with Crippen molar-refractivity contribution in [3.8, 4) is 5.75 Å². The molecule has 2 aromatic heterocycles. The lowest BCUT2D eigenvalue weighted by Gasteiger charge is -2.19. The lowest BCUT2D eigenvalue weighted by molar-refractivity contribution is -0.136. The van der Waals surface area contributed by atoms with Gasteiger partial charge < -0.3 is 13.9 Å². The molecule has 0 unspecified atom stereocenters. The number of hydrogen-bond donors (Lipinski definition) is 0. The molecule has 0 saturated carbocycles. The van der Waals surface area contributed by atoms with Crippen LogP contribution in [0.15, 0.2) is 69.7 Å². The summed E-state index contributed by atoms with van der Waals surface area (Å²) in [5.41, 5.74) is 1.63. The van der Waals surface area contributed by atoms with Crippen LogP contribution in [0.4, 0.5) is 0 Å². The topological polar surface area (TPSA) is 81.3 Å². The quantitative estimate of drug-likeness (QED) is 0.576. The fourth-order valence-corrected chi connectivity index (χ4v) is 3.68. The Hall–Kier alpha value is -3.39. The Kier molecular flexibility index (Phi) is 5.44. The van der Waals surface area contributed by atoms with Crippen LogP contribution in [-0.2, 0) is 9.53 Å². The van der Waals surface area contributed by atoms with Crippen molar-refractivity contribution in [2.75, 3.05) is 13.7 Å². The third-order valence-electron chi connectivity index (χ3n) is 4.51. The van der Waals surface area contributed by atoms with E-state index >= 15 is 0 Å². The molecular formula is C21H18N2O5S. The Bertz CT molecular complexity index is 1010. The Morgan fingerprint density at radius 1 is 1.21 bits per heavy atom. The van der Waals surface area contributed by atoms with Gasteiger partial charge in [0.25, 0.3) is 5.91 Å². The lowest BCUT2D eigenvalue weighted by atomic mass is 10.0. The van der Waals surface area contributed by atoms with Crippen LogP contribution < -0.4 is 4.74 Å². The maximum atomic E-state index is 12.8. The fraction of sp³-hybridized carbons (Fsp3) is 0.190. The van der Waals surface area contributed by atoms with Crippen LogP contribution in [0.1, 0.15) is 33.5 Å². The van der Waals surface area contributed by atoms with Crippen molar-refractivity contribution < 1.29 is 23.5 Å². The van der Waals surface area contributed by atoms with E-state index in [9.17, 15) is 9.59 Å². The molecule has 0 spiro atoms. The summed E-state index contributed by atoms with van der Waals surface area (Å²) >= 11 is 1.26. The van der Waals surface area contributed by atoms with Crippen molar-refractivity contribution in [3.63, 3.8) is 0 Å². The number of carbonyl (C=O) groups excluding carboxylic acids is 2. The van der Waals surface area contributed by atoms with Gasteiger partial charge in [0.2, 0.25) is 0 Å². The maximum absolute atomic E-state index is 12.8. The second-order valence-electron chi connectivity index (χ2n) is 6.30. The van der Waals surface area contributed by atoms with E-state index < -0.39 is 24.5 Å². The first-order chi connectivity index (χ1) is 14.2. The minimum atomic E-state index is -0.526. The van der Waals surface area contributed by atoms with Gasteiger partial charge in [-0.25, -0.2) is 9.80 Å². The van der Waals surface area contributed by atoms with Crippen LogP contribution in [0.3, 0.4) is 0 Å². The van der Waals surface area contributed by atoms with Crippen molar-refractivity contribution in [2.24, 2.45) is 5.10 Å². The van der Waals surface area contributed by atoms with E-state index in [1.807, 2.05) is 24.3 Å². The van der Waals surface area contributed by atoms with Crippen molar-refractivity contribution in [1.29, 1.82) is 0 Å². The van der Waals surface area contributed by atoms with E-state index in [1.54, 1.807) is 43.0 Å². The molecule has 0 fully saturated rings. The number of thiophene rings is 1. The molecular weight excluding hydrogens is 392 g/mol. The SMILES string of the molecule is COc1ccc(C2=NN(C(=O)COC(=O)c3cccs3)[C@@H](c3ccco3)C2)cc1. The molecule has 148 valence electrons. The van der Waals surface area contributed by atoms with E-state index in [0.717, 1.165) is 17.0 Å². The third kappa shape index (κ3) is 4.07. The van der Waals surface area contributed by atoms with Gasteiger partial charge in [-0.1, -0.05) is 6.07 Å². The van der Waals surface area contributed by atoms with Crippen LogP contribution in [0, 0.1) is 0 Å². The molecule has 8 heteroatoms. The average Bonchev–Trinajstić information content (AvgIpc) is 3.52. The van der Waals surface area contributed by atoms with Gasteiger partial charge in [-0.15, -0.1) is 11.3 Å². The number of hydrazone groups is 1. The van der Waals surface area contributed by atoms with Crippen molar-refractivity contribution in [3.05, 3.63) is 76.4 Å². The van der Waals surface area contributed by atoms with E-state index in [1.165, 1.54) is 16.3 Å². The Morgan fingerprint density at radius 2 is 2.03 bits per heavy atom. The predicted molar refractivity (Wildman–Crippen MR) is 107 cm³/mol. The summed E-state index contributed by atoms with van der Waals surface area (Å²) in [4.78, 5) is 25.3. The minimum absolute atomic E-state index is 0.393. The molecule has 1 atom stereocenters. The minimum Gasteiger partial charge on any atom is -0.497 e. The van der Waals surface area contributed by atoms with Gasteiger partial charge in [0.05, 0.1) is 19.1 Å². The first-order valence-corrected chi connectivity index (χ1v) is 9.81. The van der Waals surface area contributed by atoms with Gasteiger partial charge in [-0.05, 0) is 53.4 Å². The highest BCUT2D eigenvalue weighted by molar-refractivity contribution is 7.11. The van der Waals surface area contributed by atoms with E-state index in [2.05, 4.69) is 5.10 Å². The highest BCUT2D eigenvalue weighted by Gasteiger charge is 2.35. The third-order valence-corrected chi connectivity index (χ3v) is 5.36. The Morgan fingerprint density at radius 3 is 2.69 bits per heavy atom. The molecule has 7 nitrogen and oxygen atoms in total. The van der Waals surface area contributed by atoms with Crippen LogP contribution in [0.5, 0.6) is 5.75 Å². The number of nitrogens with zero attached hydrogens (tertiary/aromatic N) is 2. The number of carbonyl (C=O) groups is 2. The average molecular weight is 410 g/mol. The van der Waals surface area contributed by atoms with Gasteiger partial charge in [-0.3, -0.25) is 4.79 Å². The largest absolute Gasteiger partial charge is 0.497 e. The van der Waals surface area contributed by atoms with Gasteiger partial charge in [0, 0.05) is 6.42 Å². The summed E-state index contributed by atoms with van der Waals surface area (Å²) in [5.74, 6) is 0.416. The molecule has 1 aliphatic heterocycles. The molecule has 0 N–H and O–H groups in total. The van der Waals surface area contributed by atoms with Crippen molar-refractivity contribution in [1.82, 2.24) is 5.01 Å². The normalized spacial score (nSPS) is 15.8. The summed E-state index contributed by atoms with van der Waals surface area (Å²) in [6.45, 7) is -0.396.